The molecule has 0 aliphatic carbocycles. The van der Waals surface area contributed by atoms with Crippen molar-refractivity contribution in [2.75, 3.05) is 5.32 Å². The van der Waals surface area contributed by atoms with Crippen LogP contribution in [0.4, 0.5) is 5.69 Å². The summed E-state index contributed by atoms with van der Waals surface area (Å²) in [6, 6.07) is 16.5. The molecule has 0 saturated carbocycles. The number of benzene rings is 2. The largest absolute Gasteiger partial charge is 0.380 e. The second-order valence-corrected chi connectivity index (χ2v) is 4.38. The van der Waals surface area contributed by atoms with Gasteiger partial charge in [0.15, 0.2) is 0 Å². The summed E-state index contributed by atoms with van der Waals surface area (Å²) in [5.74, 6) is 0. The summed E-state index contributed by atoms with van der Waals surface area (Å²) in [5.41, 5.74) is 2.96. The topological polar surface area (TPSA) is 59.6 Å². The van der Waals surface area contributed by atoms with Crippen molar-refractivity contribution in [1.82, 2.24) is 0 Å². The quantitative estimate of drug-likeness (QED) is 0.922. The Morgan fingerprint density at radius 2 is 1.58 bits per heavy atom. The van der Waals surface area contributed by atoms with Gasteiger partial charge in [-0.2, -0.15) is 10.5 Å². The Bertz CT molecular complexity index is 663. The lowest BCUT2D eigenvalue weighted by Crippen LogP contribution is -2.00. The van der Waals surface area contributed by atoms with E-state index in [0.29, 0.717) is 22.7 Å². The summed E-state index contributed by atoms with van der Waals surface area (Å²) in [6.07, 6.45) is 0. The van der Waals surface area contributed by atoms with Gasteiger partial charge in [-0.15, -0.1) is 0 Å². The number of halogens is 1. The Balaban J connectivity index is 2.10. The first-order valence-corrected chi connectivity index (χ1v) is 6.03. The summed E-state index contributed by atoms with van der Waals surface area (Å²) in [5, 5.41) is 21.3. The zero-order valence-corrected chi connectivity index (χ0v) is 10.8. The minimum atomic E-state index is 0.562. The molecule has 2 aromatic carbocycles. The highest BCUT2D eigenvalue weighted by molar-refractivity contribution is 6.33. The predicted molar refractivity (Wildman–Crippen MR) is 74.7 cm³/mol. The van der Waals surface area contributed by atoms with Crippen LogP contribution in [0.3, 0.4) is 0 Å². The summed E-state index contributed by atoms with van der Waals surface area (Å²) < 4.78 is 0. The standard InChI is InChI=1S/C15H10ClN3/c16-14-6-5-13(9-18)7-15(14)19-10-12-3-1-11(8-17)2-4-12/h1-7,19H,10H2. The number of nitrogens with one attached hydrogen (secondary N) is 1. The molecule has 92 valence electrons. The Hall–Kier alpha value is -2.49. The minimum absolute atomic E-state index is 0.562. The van der Waals surface area contributed by atoms with Crippen LogP contribution in [0.2, 0.25) is 5.02 Å². The normalized spacial score (nSPS) is 9.42. The van der Waals surface area contributed by atoms with Gasteiger partial charge >= 0.3 is 0 Å². The van der Waals surface area contributed by atoms with E-state index in [1.54, 1.807) is 30.3 Å². The van der Waals surface area contributed by atoms with Crippen LogP contribution in [0.15, 0.2) is 42.5 Å². The molecule has 0 heterocycles. The average Bonchev–Trinajstić information content (AvgIpc) is 2.47. The highest BCUT2D eigenvalue weighted by Gasteiger charge is 2.02. The number of hydrogen-bond acceptors (Lipinski definition) is 3. The van der Waals surface area contributed by atoms with E-state index in [2.05, 4.69) is 17.5 Å². The van der Waals surface area contributed by atoms with Crippen LogP contribution in [-0.2, 0) is 6.54 Å². The van der Waals surface area contributed by atoms with Crippen LogP contribution in [0.25, 0.3) is 0 Å². The predicted octanol–water partition coefficient (Wildman–Crippen LogP) is 3.70. The Morgan fingerprint density at radius 3 is 2.21 bits per heavy atom. The summed E-state index contributed by atoms with van der Waals surface area (Å²) >= 11 is 6.05. The van der Waals surface area contributed by atoms with E-state index < -0.39 is 0 Å². The highest BCUT2D eigenvalue weighted by atomic mass is 35.5. The SMILES string of the molecule is N#Cc1ccc(CNc2cc(C#N)ccc2Cl)cc1. The molecule has 0 aliphatic heterocycles. The second kappa shape index (κ2) is 5.91. The first kappa shape index (κ1) is 13.0. The van der Waals surface area contributed by atoms with Gasteiger partial charge < -0.3 is 5.32 Å². The van der Waals surface area contributed by atoms with Gasteiger partial charge in [0.25, 0.3) is 0 Å². The lowest BCUT2D eigenvalue weighted by atomic mass is 10.1. The maximum Gasteiger partial charge on any atom is 0.0992 e. The van der Waals surface area contributed by atoms with Crippen molar-refractivity contribution in [3.63, 3.8) is 0 Å². The number of anilines is 1. The maximum atomic E-state index is 8.84. The second-order valence-electron chi connectivity index (χ2n) is 3.97. The Kier molecular flexibility index (Phi) is 4.03. The molecule has 2 rings (SSSR count). The molecule has 0 saturated heterocycles. The highest BCUT2D eigenvalue weighted by Crippen LogP contribution is 2.23. The van der Waals surface area contributed by atoms with Crippen molar-refractivity contribution < 1.29 is 0 Å². The average molecular weight is 268 g/mol. The van der Waals surface area contributed by atoms with Gasteiger partial charge in [-0.3, -0.25) is 0 Å². The lowest BCUT2D eigenvalue weighted by Gasteiger charge is -2.08. The van der Waals surface area contributed by atoms with E-state index in [1.165, 1.54) is 0 Å². The van der Waals surface area contributed by atoms with Gasteiger partial charge in [-0.05, 0) is 35.9 Å². The number of rotatable bonds is 3. The van der Waals surface area contributed by atoms with E-state index in [-0.39, 0.29) is 0 Å². The molecule has 0 atom stereocenters. The van der Waals surface area contributed by atoms with Crippen molar-refractivity contribution >= 4 is 17.3 Å². The molecule has 0 bridgehead atoms. The van der Waals surface area contributed by atoms with E-state index in [1.807, 2.05) is 12.1 Å². The maximum absolute atomic E-state index is 8.84. The molecule has 3 nitrogen and oxygen atoms in total. The molecule has 0 spiro atoms. The first-order valence-electron chi connectivity index (χ1n) is 5.65. The van der Waals surface area contributed by atoms with E-state index >= 15 is 0 Å². The zero-order valence-electron chi connectivity index (χ0n) is 10.0. The summed E-state index contributed by atoms with van der Waals surface area (Å²) in [6.45, 7) is 0.584. The molecule has 2 aromatic rings. The molecule has 0 unspecified atom stereocenters. The van der Waals surface area contributed by atoms with Gasteiger partial charge in [0, 0.05) is 6.54 Å². The first-order chi connectivity index (χ1) is 9.22. The van der Waals surface area contributed by atoms with Crippen LogP contribution in [0, 0.1) is 22.7 Å². The fourth-order valence-electron chi connectivity index (χ4n) is 1.62. The zero-order chi connectivity index (χ0) is 13.7. The van der Waals surface area contributed by atoms with Crippen molar-refractivity contribution in [2.45, 2.75) is 6.54 Å². The van der Waals surface area contributed by atoms with Crippen molar-refractivity contribution in [2.24, 2.45) is 0 Å². The molecule has 1 N–H and O–H groups in total. The van der Waals surface area contributed by atoms with Crippen LogP contribution >= 0.6 is 11.6 Å². The van der Waals surface area contributed by atoms with Gasteiger partial charge in [0.05, 0.1) is 34.0 Å². The summed E-state index contributed by atoms with van der Waals surface area (Å²) in [4.78, 5) is 0. The lowest BCUT2D eigenvalue weighted by molar-refractivity contribution is 1.15. The molecule has 0 amide bonds. The van der Waals surface area contributed by atoms with Gasteiger partial charge in [-0.25, -0.2) is 0 Å². The van der Waals surface area contributed by atoms with Gasteiger partial charge in [0.1, 0.15) is 0 Å². The molecular formula is C15H10ClN3. The third kappa shape index (κ3) is 3.25. The minimum Gasteiger partial charge on any atom is -0.380 e. The van der Waals surface area contributed by atoms with Crippen molar-refractivity contribution in [3.05, 3.63) is 64.2 Å². The fraction of sp³-hybridized carbons (Fsp3) is 0.0667. The molecule has 0 aromatic heterocycles. The van der Waals surface area contributed by atoms with E-state index in [4.69, 9.17) is 22.1 Å². The fourth-order valence-corrected chi connectivity index (χ4v) is 1.81. The molecule has 4 heteroatoms. The third-order valence-corrected chi connectivity index (χ3v) is 2.99. The van der Waals surface area contributed by atoms with E-state index in [9.17, 15) is 0 Å². The van der Waals surface area contributed by atoms with E-state index in [0.717, 1.165) is 11.3 Å². The van der Waals surface area contributed by atoms with Crippen LogP contribution in [-0.4, -0.2) is 0 Å². The molecule has 0 fully saturated rings. The van der Waals surface area contributed by atoms with Crippen LogP contribution in [0.1, 0.15) is 16.7 Å². The van der Waals surface area contributed by atoms with Gasteiger partial charge in [0.2, 0.25) is 0 Å². The van der Waals surface area contributed by atoms with Gasteiger partial charge in [-0.1, -0.05) is 23.7 Å². The molecule has 19 heavy (non-hydrogen) atoms. The van der Waals surface area contributed by atoms with Crippen molar-refractivity contribution in [3.8, 4) is 12.1 Å². The molecule has 0 radical (unpaired) electrons. The Morgan fingerprint density at radius 1 is 0.947 bits per heavy atom. The monoisotopic (exact) mass is 267 g/mol. The molecule has 0 aliphatic rings. The number of hydrogen-bond donors (Lipinski definition) is 1. The number of nitriles is 2. The number of nitrogens with zero attached hydrogens (tertiary/aromatic N) is 2. The third-order valence-electron chi connectivity index (χ3n) is 2.66. The smallest absolute Gasteiger partial charge is 0.0992 e. The Labute approximate surface area is 116 Å². The summed E-state index contributed by atoms with van der Waals surface area (Å²) in [7, 11) is 0. The van der Waals surface area contributed by atoms with Crippen molar-refractivity contribution in [1.29, 1.82) is 10.5 Å². The van der Waals surface area contributed by atoms with Crippen LogP contribution < -0.4 is 5.32 Å². The van der Waals surface area contributed by atoms with Crippen LogP contribution in [0.5, 0.6) is 0 Å². The molecular weight excluding hydrogens is 258 g/mol.